The third-order valence-corrected chi connectivity index (χ3v) is 3.22. The second-order valence-electron chi connectivity index (χ2n) is 4.85. The monoisotopic (exact) mass is 281 g/mol. The summed E-state index contributed by atoms with van der Waals surface area (Å²) in [5.74, 6) is 0.688. The van der Waals surface area contributed by atoms with Crippen molar-refractivity contribution in [2.45, 2.75) is 46.3 Å². The summed E-state index contributed by atoms with van der Waals surface area (Å²) < 4.78 is 7.48. The second kappa shape index (κ2) is 6.12. The highest BCUT2D eigenvalue weighted by molar-refractivity contribution is 7.13. The van der Waals surface area contributed by atoms with Gasteiger partial charge in [0.2, 0.25) is 0 Å². The van der Waals surface area contributed by atoms with E-state index in [-0.39, 0.29) is 0 Å². The second-order valence-corrected chi connectivity index (χ2v) is 5.87. The van der Waals surface area contributed by atoms with Crippen LogP contribution < -0.4 is 10.1 Å². The topological polar surface area (TPSA) is 64.9 Å². The minimum atomic E-state index is 0.317. The molecule has 0 spiro atoms. The van der Waals surface area contributed by atoms with Crippen LogP contribution in [-0.4, -0.2) is 26.0 Å². The van der Waals surface area contributed by atoms with E-state index in [0.29, 0.717) is 29.6 Å². The molecule has 2 heterocycles. The standard InChI is InChI=1S/C12H19N5OS/c1-8(2)13-6-11-15-16-12(19-11)18-10-5-14-17(7-10)9(3)4/h5,7-9,13H,6H2,1-4H3. The van der Waals surface area contributed by atoms with Gasteiger partial charge in [0, 0.05) is 12.1 Å². The summed E-state index contributed by atoms with van der Waals surface area (Å²) in [4.78, 5) is 0. The van der Waals surface area contributed by atoms with E-state index in [9.17, 15) is 0 Å². The van der Waals surface area contributed by atoms with Crippen LogP contribution in [0.1, 0.15) is 38.7 Å². The summed E-state index contributed by atoms with van der Waals surface area (Å²) in [7, 11) is 0. The zero-order valence-corrected chi connectivity index (χ0v) is 12.4. The van der Waals surface area contributed by atoms with Gasteiger partial charge in [0.1, 0.15) is 5.01 Å². The van der Waals surface area contributed by atoms with Crippen LogP contribution in [0.15, 0.2) is 12.4 Å². The quantitative estimate of drug-likeness (QED) is 0.881. The molecule has 0 aliphatic carbocycles. The number of rotatable bonds is 6. The Balaban J connectivity index is 1.95. The van der Waals surface area contributed by atoms with Crippen molar-refractivity contribution in [3.05, 3.63) is 17.4 Å². The molecular formula is C12H19N5OS. The minimum Gasteiger partial charge on any atom is -0.426 e. The maximum atomic E-state index is 5.63. The fourth-order valence-electron chi connectivity index (χ4n) is 1.40. The summed E-state index contributed by atoms with van der Waals surface area (Å²) in [6, 6.07) is 0.745. The third kappa shape index (κ3) is 4.00. The highest BCUT2D eigenvalue weighted by atomic mass is 32.1. The van der Waals surface area contributed by atoms with Gasteiger partial charge in [0.05, 0.1) is 18.9 Å². The number of nitrogens with zero attached hydrogens (tertiary/aromatic N) is 4. The van der Waals surface area contributed by atoms with Crippen LogP contribution in [-0.2, 0) is 6.54 Å². The van der Waals surface area contributed by atoms with E-state index in [4.69, 9.17) is 4.74 Å². The van der Waals surface area contributed by atoms with Gasteiger partial charge < -0.3 is 10.1 Å². The van der Waals surface area contributed by atoms with Crippen molar-refractivity contribution in [2.75, 3.05) is 0 Å². The van der Waals surface area contributed by atoms with Crippen LogP contribution in [0.3, 0.4) is 0 Å². The Morgan fingerprint density at radius 2 is 2.11 bits per heavy atom. The van der Waals surface area contributed by atoms with E-state index in [1.165, 1.54) is 11.3 Å². The molecule has 0 saturated heterocycles. The van der Waals surface area contributed by atoms with Crippen molar-refractivity contribution in [1.82, 2.24) is 25.3 Å². The lowest BCUT2D eigenvalue weighted by atomic mass is 10.4. The van der Waals surface area contributed by atoms with Gasteiger partial charge >= 0.3 is 0 Å². The third-order valence-electron chi connectivity index (χ3n) is 2.42. The van der Waals surface area contributed by atoms with Crippen LogP contribution in [0.2, 0.25) is 0 Å². The summed E-state index contributed by atoms with van der Waals surface area (Å²) in [5.41, 5.74) is 0. The molecule has 0 aliphatic heterocycles. The van der Waals surface area contributed by atoms with Gasteiger partial charge in [-0.25, -0.2) is 0 Å². The van der Waals surface area contributed by atoms with Gasteiger partial charge in [-0.15, -0.1) is 5.10 Å². The Bertz CT molecular complexity index is 520. The highest BCUT2D eigenvalue weighted by Crippen LogP contribution is 2.25. The molecule has 2 aromatic heterocycles. The molecule has 19 heavy (non-hydrogen) atoms. The first-order chi connectivity index (χ1) is 9.04. The van der Waals surface area contributed by atoms with Crippen LogP contribution in [0, 0.1) is 0 Å². The van der Waals surface area contributed by atoms with Crippen molar-refractivity contribution in [3.8, 4) is 10.9 Å². The number of nitrogens with one attached hydrogen (secondary N) is 1. The zero-order chi connectivity index (χ0) is 13.8. The smallest absolute Gasteiger partial charge is 0.299 e. The first-order valence-electron chi connectivity index (χ1n) is 6.32. The normalized spacial score (nSPS) is 11.5. The maximum absolute atomic E-state index is 5.63. The van der Waals surface area contributed by atoms with Crippen molar-refractivity contribution in [1.29, 1.82) is 0 Å². The first kappa shape index (κ1) is 14.0. The number of hydrogen-bond donors (Lipinski definition) is 1. The van der Waals surface area contributed by atoms with E-state index < -0.39 is 0 Å². The average Bonchev–Trinajstić information content (AvgIpc) is 2.96. The fraction of sp³-hybridized carbons (Fsp3) is 0.583. The summed E-state index contributed by atoms with van der Waals surface area (Å²) in [6.07, 6.45) is 3.55. The SMILES string of the molecule is CC(C)NCc1nnc(Oc2cnn(C(C)C)c2)s1. The van der Waals surface area contributed by atoms with Gasteiger partial charge in [-0.1, -0.05) is 30.3 Å². The number of hydrogen-bond acceptors (Lipinski definition) is 6. The van der Waals surface area contributed by atoms with E-state index in [1.807, 2.05) is 10.9 Å². The number of aromatic nitrogens is 4. The fourth-order valence-corrected chi connectivity index (χ4v) is 2.06. The van der Waals surface area contributed by atoms with E-state index in [0.717, 1.165) is 5.01 Å². The zero-order valence-electron chi connectivity index (χ0n) is 11.6. The first-order valence-corrected chi connectivity index (χ1v) is 7.14. The van der Waals surface area contributed by atoms with Crippen molar-refractivity contribution < 1.29 is 4.74 Å². The summed E-state index contributed by atoms with van der Waals surface area (Å²) in [5, 5.41) is 17.1. The molecule has 6 nitrogen and oxygen atoms in total. The molecule has 2 aromatic rings. The molecule has 0 radical (unpaired) electrons. The summed E-state index contributed by atoms with van der Waals surface area (Å²) >= 11 is 1.44. The molecule has 0 amide bonds. The molecular weight excluding hydrogens is 262 g/mol. The van der Waals surface area contributed by atoms with Crippen LogP contribution >= 0.6 is 11.3 Å². The summed E-state index contributed by atoms with van der Waals surface area (Å²) in [6.45, 7) is 9.04. The molecule has 0 aromatic carbocycles. The lowest BCUT2D eigenvalue weighted by Crippen LogP contribution is -2.21. The van der Waals surface area contributed by atoms with Gasteiger partial charge in [0.15, 0.2) is 5.75 Å². The van der Waals surface area contributed by atoms with E-state index in [1.54, 1.807) is 6.20 Å². The van der Waals surface area contributed by atoms with Gasteiger partial charge in [-0.2, -0.15) is 5.10 Å². The molecule has 0 bridgehead atoms. The highest BCUT2D eigenvalue weighted by Gasteiger charge is 2.09. The molecule has 104 valence electrons. The van der Waals surface area contributed by atoms with Crippen LogP contribution in [0.25, 0.3) is 0 Å². The van der Waals surface area contributed by atoms with Crippen molar-refractivity contribution >= 4 is 11.3 Å². The lowest BCUT2D eigenvalue weighted by molar-refractivity contribution is 0.468. The van der Waals surface area contributed by atoms with Gasteiger partial charge in [-0.05, 0) is 13.8 Å². The Kier molecular flexibility index (Phi) is 4.49. The molecule has 0 fully saturated rings. The Hall–Kier alpha value is -1.47. The maximum Gasteiger partial charge on any atom is 0.299 e. The largest absolute Gasteiger partial charge is 0.426 e. The average molecular weight is 281 g/mol. The molecule has 7 heteroatoms. The molecule has 0 aliphatic rings. The molecule has 2 rings (SSSR count). The van der Waals surface area contributed by atoms with Gasteiger partial charge in [0.25, 0.3) is 5.19 Å². The number of ether oxygens (including phenoxy) is 1. The van der Waals surface area contributed by atoms with Gasteiger partial charge in [-0.3, -0.25) is 4.68 Å². The Morgan fingerprint density at radius 1 is 1.32 bits per heavy atom. The van der Waals surface area contributed by atoms with Crippen molar-refractivity contribution in [2.24, 2.45) is 0 Å². The minimum absolute atomic E-state index is 0.317. The Labute approximate surface area is 116 Å². The molecule has 0 unspecified atom stereocenters. The Morgan fingerprint density at radius 3 is 2.74 bits per heavy atom. The molecule has 0 saturated carbocycles. The lowest BCUT2D eigenvalue weighted by Gasteiger charge is -2.03. The van der Waals surface area contributed by atoms with E-state index >= 15 is 0 Å². The van der Waals surface area contributed by atoms with Crippen LogP contribution in [0.4, 0.5) is 0 Å². The van der Waals surface area contributed by atoms with Crippen molar-refractivity contribution in [3.63, 3.8) is 0 Å². The van der Waals surface area contributed by atoms with Crippen LogP contribution in [0.5, 0.6) is 10.9 Å². The molecule has 0 atom stereocenters. The van der Waals surface area contributed by atoms with E-state index in [2.05, 4.69) is 48.3 Å². The molecule has 1 N–H and O–H groups in total. The predicted octanol–water partition coefficient (Wildman–Crippen LogP) is 2.61. The predicted molar refractivity (Wildman–Crippen MR) is 74.6 cm³/mol.